The minimum absolute atomic E-state index is 0.109. The summed E-state index contributed by atoms with van der Waals surface area (Å²) in [6, 6.07) is 8.54. The van der Waals surface area contributed by atoms with E-state index < -0.39 is 0 Å². The summed E-state index contributed by atoms with van der Waals surface area (Å²) in [5, 5.41) is 13.1. The topological polar surface area (TPSA) is 41.5 Å². The number of benzene rings is 1. The van der Waals surface area contributed by atoms with E-state index in [0.717, 1.165) is 11.3 Å². The molecule has 1 fully saturated rings. The lowest BCUT2D eigenvalue weighted by Gasteiger charge is -2.29. The van der Waals surface area contributed by atoms with Gasteiger partial charge in [0.25, 0.3) is 0 Å². The molecule has 1 aliphatic rings. The van der Waals surface area contributed by atoms with E-state index >= 15 is 0 Å². The van der Waals surface area contributed by atoms with E-state index in [9.17, 15) is 5.11 Å². The van der Waals surface area contributed by atoms with Crippen molar-refractivity contribution in [3.63, 3.8) is 0 Å². The van der Waals surface area contributed by atoms with Gasteiger partial charge in [0, 0.05) is 6.04 Å². The molecule has 0 aromatic heterocycles. The minimum Gasteiger partial charge on any atom is -0.494 e. The van der Waals surface area contributed by atoms with Crippen molar-refractivity contribution in [2.24, 2.45) is 0 Å². The molecule has 1 atom stereocenters. The molecular weight excluding hydrogens is 214 g/mol. The summed E-state index contributed by atoms with van der Waals surface area (Å²) >= 11 is 0. The second-order valence-corrected chi connectivity index (χ2v) is 4.87. The van der Waals surface area contributed by atoms with Gasteiger partial charge in [-0.05, 0) is 44.4 Å². The van der Waals surface area contributed by atoms with Crippen molar-refractivity contribution in [1.82, 2.24) is 5.32 Å². The fourth-order valence-corrected chi connectivity index (χ4v) is 1.98. The number of aliphatic hydroxyl groups excluding tert-OH is 1. The predicted molar refractivity (Wildman–Crippen MR) is 68.2 cm³/mol. The van der Waals surface area contributed by atoms with Crippen LogP contribution in [0.2, 0.25) is 0 Å². The highest BCUT2D eigenvalue weighted by molar-refractivity contribution is 5.32. The highest BCUT2D eigenvalue weighted by atomic mass is 16.5. The van der Waals surface area contributed by atoms with Crippen LogP contribution in [0.1, 0.15) is 32.3 Å². The maximum absolute atomic E-state index is 9.59. The molecule has 2 N–H and O–H groups in total. The van der Waals surface area contributed by atoms with E-state index in [0.29, 0.717) is 12.6 Å². The van der Waals surface area contributed by atoms with Gasteiger partial charge in [-0.3, -0.25) is 0 Å². The lowest BCUT2D eigenvalue weighted by atomic mass is 9.92. The van der Waals surface area contributed by atoms with E-state index in [2.05, 4.69) is 5.32 Å². The van der Waals surface area contributed by atoms with E-state index in [1.54, 1.807) is 0 Å². The number of hydrogen-bond donors (Lipinski definition) is 2. The molecule has 0 spiro atoms. The third kappa shape index (κ3) is 2.99. The Balaban J connectivity index is 2.12. The Labute approximate surface area is 103 Å². The second kappa shape index (κ2) is 5.07. The zero-order chi connectivity index (χ0) is 12.3. The molecule has 17 heavy (non-hydrogen) atoms. The molecule has 1 unspecified atom stereocenters. The second-order valence-electron chi connectivity index (χ2n) is 4.87. The van der Waals surface area contributed by atoms with Gasteiger partial charge in [0.15, 0.2) is 0 Å². The lowest BCUT2D eigenvalue weighted by Crippen LogP contribution is -2.44. The largest absolute Gasteiger partial charge is 0.494 e. The standard InChI is InChI=1S/C14H21NO2/c1-3-17-13-8-4-11(5-9-13)14(2,10-16)15-12-6-7-12/h4-5,8-9,12,15-16H,3,6-7,10H2,1-2H3. The van der Waals surface area contributed by atoms with Gasteiger partial charge in [-0.2, -0.15) is 0 Å². The molecule has 3 nitrogen and oxygen atoms in total. The van der Waals surface area contributed by atoms with Crippen molar-refractivity contribution < 1.29 is 9.84 Å². The minimum atomic E-state index is -0.341. The smallest absolute Gasteiger partial charge is 0.119 e. The number of ether oxygens (including phenoxy) is 1. The number of hydrogen-bond acceptors (Lipinski definition) is 3. The predicted octanol–water partition coefficient (Wildman–Crippen LogP) is 2.04. The van der Waals surface area contributed by atoms with E-state index in [4.69, 9.17) is 4.74 Å². The zero-order valence-corrected chi connectivity index (χ0v) is 10.6. The van der Waals surface area contributed by atoms with Crippen LogP contribution in [0.25, 0.3) is 0 Å². The zero-order valence-electron chi connectivity index (χ0n) is 10.6. The first kappa shape index (κ1) is 12.4. The molecule has 0 heterocycles. The molecule has 1 aliphatic carbocycles. The first-order chi connectivity index (χ1) is 8.18. The monoisotopic (exact) mass is 235 g/mol. The van der Waals surface area contributed by atoms with E-state index in [1.807, 2.05) is 38.1 Å². The third-order valence-corrected chi connectivity index (χ3v) is 3.22. The Morgan fingerprint density at radius 3 is 2.47 bits per heavy atom. The normalized spacial score (nSPS) is 18.8. The molecule has 3 heteroatoms. The summed E-state index contributed by atoms with van der Waals surface area (Å²) in [4.78, 5) is 0. The Morgan fingerprint density at radius 1 is 1.35 bits per heavy atom. The van der Waals surface area contributed by atoms with Gasteiger partial charge in [0.1, 0.15) is 5.75 Å². The van der Waals surface area contributed by atoms with Gasteiger partial charge >= 0.3 is 0 Å². The van der Waals surface area contributed by atoms with Crippen LogP contribution in [-0.4, -0.2) is 24.4 Å². The molecule has 0 radical (unpaired) electrons. The molecule has 1 saturated carbocycles. The van der Waals surface area contributed by atoms with Crippen molar-refractivity contribution in [3.8, 4) is 5.75 Å². The summed E-state index contributed by atoms with van der Waals surface area (Å²) in [5.74, 6) is 0.878. The third-order valence-electron chi connectivity index (χ3n) is 3.22. The lowest BCUT2D eigenvalue weighted by molar-refractivity contribution is 0.173. The average Bonchev–Trinajstić information content (AvgIpc) is 3.14. The molecular formula is C14H21NO2. The number of aliphatic hydroxyl groups is 1. The molecule has 0 aliphatic heterocycles. The summed E-state index contributed by atoms with van der Waals surface area (Å²) in [7, 11) is 0. The highest BCUT2D eigenvalue weighted by Gasteiger charge is 2.33. The van der Waals surface area contributed by atoms with Gasteiger partial charge in [0.2, 0.25) is 0 Å². The maximum atomic E-state index is 9.59. The van der Waals surface area contributed by atoms with Crippen LogP contribution in [0, 0.1) is 0 Å². The SMILES string of the molecule is CCOc1ccc(C(C)(CO)NC2CC2)cc1. The highest BCUT2D eigenvalue weighted by Crippen LogP contribution is 2.29. The van der Waals surface area contributed by atoms with Gasteiger partial charge in [-0.15, -0.1) is 0 Å². The fraction of sp³-hybridized carbons (Fsp3) is 0.571. The van der Waals surface area contributed by atoms with Gasteiger partial charge in [-0.25, -0.2) is 0 Å². The quantitative estimate of drug-likeness (QED) is 0.793. The van der Waals surface area contributed by atoms with Crippen LogP contribution in [0.15, 0.2) is 24.3 Å². The van der Waals surface area contributed by atoms with Crippen LogP contribution in [0.5, 0.6) is 5.75 Å². The van der Waals surface area contributed by atoms with Crippen molar-refractivity contribution in [3.05, 3.63) is 29.8 Å². The van der Waals surface area contributed by atoms with Crippen molar-refractivity contribution in [1.29, 1.82) is 0 Å². The van der Waals surface area contributed by atoms with Crippen LogP contribution < -0.4 is 10.1 Å². The van der Waals surface area contributed by atoms with Crippen LogP contribution in [0.4, 0.5) is 0 Å². The molecule has 0 saturated heterocycles. The Kier molecular flexibility index (Phi) is 3.69. The summed E-state index contributed by atoms with van der Waals surface area (Å²) in [6.45, 7) is 4.80. The van der Waals surface area contributed by atoms with Gasteiger partial charge in [-0.1, -0.05) is 12.1 Å². The Morgan fingerprint density at radius 2 is 2.00 bits per heavy atom. The molecule has 1 aromatic rings. The Hall–Kier alpha value is -1.06. The fourth-order valence-electron chi connectivity index (χ4n) is 1.98. The molecule has 1 aromatic carbocycles. The van der Waals surface area contributed by atoms with Gasteiger partial charge < -0.3 is 15.2 Å². The van der Waals surface area contributed by atoms with Crippen molar-refractivity contribution >= 4 is 0 Å². The maximum Gasteiger partial charge on any atom is 0.119 e. The van der Waals surface area contributed by atoms with Crippen molar-refractivity contribution in [2.75, 3.05) is 13.2 Å². The number of rotatable bonds is 6. The molecule has 0 bridgehead atoms. The average molecular weight is 235 g/mol. The van der Waals surface area contributed by atoms with Gasteiger partial charge in [0.05, 0.1) is 18.8 Å². The van der Waals surface area contributed by atoms with E-state index in [-0.39, 0.29) is 12.1 Å². The van der Waals surface area contributed by atoms with Crippen molar-refractivity contribution in [2.45, 2.75) is 38.3 Å². The first-order valence-corrected chi connectivity index (χ1v) is 6.30. The van der Waals surface area contributed by atoms with Crippen LogP contribution in [0.3, 0.4) is 0 Å². The summed E-state index contributed by atoms with van der Waals surface area (Å²) < 4.78 is 5.42. The first-order valence-electron chi connectivity index (χ1n) is 6.30. The number of nitrogens with one attached hydrogen (secondary N) is 1. The van der Waals surface area contributed by atoms with Crippen LogP contribution in [-0.2, 0) is 5.54 Å². The summed E-state index contributed by atoms with van der Waals surface area (Å²) in [5.41, 5.74) is 0.765. The van der Waals surface area contributed by atoms with E-state index in [1.165, 1.54) is 12.8 Å². The molecule has 2 rings (SSSR count). The van der Waals surface area contributed by atoms with Crippen LogP contribution >= 0.6 is 0 Å². The summed E-state index contributed by atoms with van der Waals surface area (Å²) in [6.07, 6.45) is 2.43. The molecule has 0 amide bonds. The Bertz CT molecular complexity index is 359. The molecule has 94 valence electrons.